The zero-order chi connectivity index (χ0) is 23.5. The molecule has 0 unspecified atom stereocenters. The van der Waals surface area contributed by atoms with Gasteiger partial charge in [-0.25, -0.2) is 4.98 Å². The van der Waals surface area contributed by atoms with E-state index in [1.54, 1.807) is 12.1 Å². The monoisotopic (exact) mass is 458 g/mol. The number of nitrogens with zero attached hydrogens (tertiary/aromatic N) is 2. The van der Waals surface area contributed by atoms with Gasteiger partial charge in [0.05, 0.1) is 17.6 Å². The van der Waals surface area contributed by atoms with E-state index in [2.05, 4.69) is 27.9 Å². The van der Waals surface area contributed by atoms with Crippen molar-refractivity contribution in [1.29, 1.82) is 0 Å². The second kappa shape index (κ2) is 9.81. The molecule has 5 rings (SSSR count). The van der Waals surface area contributed by atoms with Crippen molar-refractivity contribution in [2.75, 3.05) is 6.54 Å². The highest BCUT2D eigenvalue weighted by molar-refractivity contribution is 5.93. The maximum atomic E-state index is 12.6. The molecule has 0 spiro atoms. The Morgan fingerprint density at radius 3 is 2.79 bits per heavy atom. The normalized spacial score (nSPS) is 14.6. The lowest BCUT2D eigenvalue weighted by Gasteiger charge is -2.21. The molecule has 0 atom stereocenters. The molecule has 3 aromatic heterocycles. The van der Waals surface area contributed by atoms with Gasteiger partial charge in [0.25, 0.3) is 5.91 Å². The molecule has 1 amide bonds. The van der Waals surface area contributed by atoms with Crippen LogP contribution in [0, 0.1) is 12.8 Å². The number of fused-ring (bicyclic) bond motifs is 2. The van der Waals surface area contributed by atoms with Gasteiger partial charge in [-0.05, 0) is 61.6 Å². The lowest BCUT2D eigenvalue weighted by atomic mass is 9.89. The number of hydrogen-bond acceptors (Lipinski definition) is 5. The fourth-order valence-corrected chi connectivity index (χ4v) is 4.72. The van der Waals surface area contributed by atoms with Gasteiger partial charge in [-0.3, -0.25) is 9.59 Å². The number of rotatable bonds is 7. The fourth-order valence-electron chi connectivity index (χ4n) is 4.72. The second-order valence-corrected chi connectivity index (χ2v) is 9.33. The standard InChI is InChI=1S/C27H30N4O3/c1-18-7-9-22-23(32)12-25(34-24(22)11-18)27(33)29-15-21-17-31-16-20(8-10-26(31)30-21)14-28-13-19-5-3-2-4-6-19/h7-12,16-17,19,28H,2-6,13-15H2,1H3,(H,29,33). The number of aryl methyl sites for hydroxylation is 1. The first-order chi connectivity index (χ1) is 16.5. The van der Waals surface area contributed by atoms with E-state index in [1.165, 1.54) is 43.7 Å². The number of carbonyl (C=O) groups is 1. The van der Waals surface area contributed by atoms with Crippen LogP contribution < -0.4 is 16.1 Å². The molecule has 0 bridgehead atoms. The molecule has 0 saturated heterocycles. The van der Waals surface area contributed by atoms with Gasteiger partial charge >= 0.3 is 0 Å². The lowest BCUT2D eigenvalue weighted by Crippen LogP contribution is -2.24. The van der Waals surface area contributed by atoms with Gasteiger partial charge in [0.2, 0.25) is 0 Å². The van der Waals surface area contributed by atoms with E-state index in [9.17, 15) is 9.59 Å². The maximum absolute atomic E-state index is 12.6. The predicted octanol–water partition coefficient (Wildman–Crippen LogP) is 4.35. The van der Waals surface area contributed by atoms with E-state index in [0.717, 1.165) is 35.9 Å². The first kappa shape index (κ1) is 22.3. The zero-order valence-corrected chi connectivity index (χ0v) is 19.5. The van der Waals surface area contributed by atoms with Crippen LogP contribution in [0.1, 0.15) is 59.5 Å². The Kier molecular flexibility index (Phi) is 6.45. The van der Waals surface area contributed by atoms with Crippen LogP contribution in [0.5, 0.6) is 0 Å². The van der Waals surface area contributed by atoms with Crippen LogP contribution in [0.2, 0.25) is 0 Å². The molecule has 3 heterocycles. The summed E-state index contributed by atoms with van der Waals surface area (Å²) in [5.74, 6) is 0.361. The maximum Gasteiger partial charge on any atom is 0.287 e. The number of imidazole rings is 1. The van der Waals surface area contributed by atoms with Gasteiger partial charge in [0.15, 0.2) is 11.2 Å². The molecule has 1 fully saturated rings. The fraction of sp³-hybridized carbons (Fsp3) is 0.370. The Labute approximate surface area is 198 Å². The van der Waals surface area contributed by atoms with Crippen LogP contribution in [0.25, 0.3) is 16.6 Å². The molecule has 1 aromatic carbocycles. The third-order valence-corrected chi connectivity index (χ3v) is 6.59. The summed E-state index contributed by atoms with van der Waals surface area (Å²) in [5.41, 5.74) is 3.90. The van der Waals surface area contributed by atoms with Crippen molar-refractivity contribution in [1.82, 2.24) is 20.0 Å². The van der Waals surface area contributed by atoms with Crippen LogP contribution in [-0.4, -0.2) is 21.8 Å². The molecule has 7 heteroatoms. The first-order valence-corrected chi connectivity index (χ1v) is 12.0. The van der Waals surface area contributed by atoms with Gasteiger partial charge < -0.3 is 19.5 Å². The average molecular weight is 459 g/mol. The minimum Gasteiger partial charge on any atom is -0.451 e. The van der Waals surface area contributed by atoms with E-state index >= 15 is 0 Å². The molecule has 176 valence electrons. The van der Waals surface area contributed by atoms with Crippen LogP contribution in [0.3, 0.4) is 0 Å². The molecule has 0 aliphatic heterocycles. The topological polar surface area (TPSA) is 88.6 Å². The molecule has 1 aliphatic carbocycles. The Bertz CT molecular complexity index is 1380. The number of pyridine rings is 1. The van der Waals surface area contributed by atoms with E-state index in [4.69, 9.17) is 4.42 Å². The highest BCUT2D eigenvalue weighted by atomic mass is 16.3. The zero-order valence-electron chi connectivity index (χ0n) is 19.5. The Balaban J connectivity index is 1.21. The van der Waals surface area contributed by atoms with Gasteiger partial charge in [0, 0.05) is 25.0 Å². The third-order valence-electron chi connectivity index (χ3n) is 6.59. The van der Waals surface area contributed by atoms with Crippen molar-refractivity contribution < 1.29 is 9.21 Å². The van der Waals surface area contributed by atoms with Crippen LogP contribution >= 0.6 is 0 Å². The molecule has 0 radical (unpaired) electrons. The van der Waals surface area contributed by atoms with Crippen molar-refractivity contribution in [2.45, 2.75) is 52.1 Å². The SMILES string of the molecule is Cc1ccc2c(=O)cc(C(=O)NCc3cn4cc(CNCC5CCCCC5)ccc4n3)oc2c1. The third kappa shape index (κ3) is 5.04. The highest BCUT2D eigenvalue weighted by Gasteiger charge is 2.14. The van der Waals surface area contributed by atoms with Gasteiger partial charge in [0.1, 0.15) is 11.2 Å². The summed E-state index contributed by atoms with van der Waals surface area (Å²) in [6.07, 6.45) is 10.8. The van der Waals surface area contributed by atoms with E-state index in [0.29, 0.717) is 11.0 Å². The van der Waals surface area contributed by atoms with E-state index < -0.39 is 5.91 Å². The number of carbonyl (C=O) groups excluding carboxylic acids is 1. The molecule has 34 heavy (non-hydrogen) atoms. The van der Waals surface area contributed by atoms with E-state index in [1.807, 2.05) is 29.7 Å². The summed E-state index contributed by atoms with van der Waals surface area (Å²) >= 11 is 0. The van der Waals surface area contributed by atoms with Crippen molar-refractivity contribution in [3.05, 3.63) is 81.6 Å². The summed E-state index contributed by atoms with van der Waals surface area (Å²) < 4.78 is 7.67. The minimum atomic E-state index is -0.440. The second-order valence-electron chi connectivity index (χ2n) is 9.33. The van der Waals surface area contributed by atoms with E-state index in [-0.39, 0.29) is 17.7 Å². The summed E-state index contributed by atoms with van der Waals surface area (Å²) in [4.78, 5) is 29.6. The van der Waals surface area contributed by atoms with Crippen molar-refractivity contribution >= 4 is 22.5 Å². The van der Waals surface area contributed by atoms with Crippen LogP contribution in [-0.2, 0) is 13.1 Å². The Morgan fingerprint density at radius 2 is 1.94 bits per heavy atom. The molecule has 7 nitrogen and oxygen atoms in total. The Hall–Kier alpha value is -3.45. The molecule has 1 saturated carbocycles. The molecule has 1 aliphatic rings. The number of aromatic nitrogens is 2. The number of benzene rings is 1. The highest BCUT2D eigenvalue weighted by Crippen LogP contribution is 2.23. The number of hydrogen-bond donors (Lipinski definition) is 2. The molecular weight excluding hydrogens is 428 g/mol. The van der Waals surface area contributed by atoms with Crippen molar-refractivity contribution in [3.63, 3.8) is 0 Å². The van der Waals surface area contributed by atoms with Crippen molar-refractivity contribution in [2.24, 2.45) is 5.92 Å². The summed E-state index contributed by atoms with van der Waals surface area (Å²) in [6, 6.07) is 10.6. The van der Waals surface area contributed by atoms with Crippen LogP contribution in [0.15, 0.2) is 58.0 Å². The summed E-state index contributed by atoms with van der Waals surface area (Å²) in [6.45, 7) is 4.06. The van der Waals surface area contributed by atoms with Crippen molar-refractivity contribution in [3.8, 4) is 0 Å². The largest absolute Gasteiger partial charge is 0.451 e. The number of amides is 1. The number of nitrogens with one attached hydrogen (secondary N) is 2. The first-order valence-electron chi connectivity index (χ1n) is 12.0. The predicted molar refractivity (Wildman–Crippen MR) is 132 cm³/mol. The lowest BCUT2D eigenvalue weighted by molar-refractivity contribution is 0.0923. The summed E-state index contributed by atoms with van der Waals surface area (Å²) in [7, 11) is 0. The average Bonchev–Trinajstić information content (AvgIpc) is 3.25. The van der Waals surface area contributed by atoms with Gasteiger partial charge in [-0.15, -0.1) is 0 Å². The Morgan fingerprint density at radius 1 is 1.09 bits per heavy atom. The van der Waals surface area contributed by atoms with Crippen LogP contribution in [0.4, 0.5) is 0 Å². The quantitative estimate of drug-likeness (QED) is 0.430. The molecular formula is C27H30N4O3. The molecule has 4 aromatic rings. The summed E-state index contributed by atoms with van der Waals surface area (Å²) in [5, 5.41) is 6.87. The van der Waals surface area contributed by atoms with Gasteiger partial charge in [-0.1, -0.05) is 31.4 Å². The minimum absolute atomic E-state index is 0.00168. The smallest absolute Gasteiger partial charge is 0.287 e. The van der Waals surface area contributed by atoms with Gasteiger partial charge in [-0.2, -0.15) is 0 Å². The molecule has 2 N–H and O–H groups in total.